The molecule has 5 heteroatoms. The summed E-state index contributed by atoms with van der Waals surface area (Å²) in [5.74, 6) is 0.906. The number of hydrogen-bond donors (Lipinski definition) is 1. The summed E-state index contributed by atoms with van der Waals surface area (Å²) in [4.78, 5) is 4.70. The predicted octanol–water partition coefficient (Wildman–Crippen LogP) is 4.41. The van der Waals surface area contributed by atoms with Crippen LogP contribution in [0.25, 0.3) is 22.4 Å². The van der Waals surface area contributed by atoms with Gasteiger partial charge in [-0.2, -0.15) is 0 Å². The van der Waals surface area contributed by atoms with Crippen molar-refractivity contribution in [3.63, 3.8) is 0 Å². The third-order valence-electron chi connectivity index (χ3n) is 3.10. The van der Waals surface area contributed by atoms with Crippen molar-refractivity contribution in [2.45, 2.75) is 19.9 Å². The first-order valence-electron chi connectivity index (χ1n) is 6.20. The molecule has 0 radical (unpaired) electrons. The number of thiophene rings is 1. The fraction of sp³-hybridized carbons (Fsp3) is 0.214. The molecule has 0 spiro atoms. The van der Waals surface area contributed by atoms with Gasteiger partial charge in [0.25, 0.3) is 0 Å². The van der Waals surface area contributed by atoms with Gasteiger partial charge in [0.2, 0.25) is 0 Å². The third kappa shape index (κ3) is 2.01. The highest BCUT2D eigenvalue weighted by molar-refractivity contribution is 7.14. The van der Waals surface area contributed by atoms with Gasteiger partial charge in [0, 0.05) is 6.54 Å². The van der Waals surface area contributed by atoms with Crippen molar-refractivity contribution in [2.75, 3.05) is 5.73 Å². The van der Waals surface area contributed by atoms with E-state index >= 15 is 0 Å². The standard InChI is InChI=1S/C14H14ClN3S/c1-2-7-18-12-10(15)4-3-5-11(12)17-14(18)9-6-8-19-13(9)16/h3-6,8H,2,7,16H2,1H3. The van der Waals surface area contributed by atoms with Gasteiger partial charge in [0.15, 0.2) is 0 Å². The van der Waals surface area contributed by atoms with Crippen molar-refractivity contribution in [1.29, 1.82) is 0 Å². The zero-order valence-electron chi connectivity index (χ0n) is 10.6. The molecule has 0 bridgehead atoms. The van der Waals surface area contributed by atoms with Crippen LogP contribution in [0.1, 0.15) is 13.3 Å². The topological polar surface area (TPSA) is 43.8 Å². The van der Waals surface area contributed by atoms with Crippen LogP contribution in [0.4, 0.5) is 5.00 Å². The molecule has 0 aliphatic heterocycles. The first-order valence-corrected chi connectivity index (χ1v) is 7.46. The van der Waals surface area contributed by atoms with Gasteiger partial charge in [0.05, 0.1) is 26.6 Å². The molecule has 2 aromatic heterocycles. The summed E-state index contributed by atoms with van der Waals surface area (Å²) in [6, 6.07) is 7.83. The highest BCUT2D eigenvalue weighted by atomic mass is 35.5. The highest BCUT2D eigenvalue weighted by Gasteiger charge is 2.16. The smallest absolute Gasteiger partial charge is 0.144 e. The molecule has 0 amide bonds. The SMILES string of the molecule is CCCn1c(-c2ccsc2N)nc2cccc(Cl)c21. The maximum absolute atomic E-state index is 6.32. The van der Waals surface area contributed by atoms with Gasteiger partial charge in [0.1, 0.15) is 5.82 Å². The van der Waals surface area contributed by atoms with Crippen LogP contribution in [0.2, 0.25) is 5.02 Å². The van der Waals surface area contributed by atoms with Gasteiger partial charge in [-0.15, -0.1) is 11.3 Å². The lowest BCUT2D eigenvalue weighted by atomic mass is 10.3. The van der Waals surface area contributed by atoms with Crippen LogP contribution in [0, 0.1) is 0 Å². The number of hydrogen-bond acceptors (Lipinski definition) is 3. The molecule has 0 aliphatic rings. The van der Waals surface area contributed by atoms with Crippen LogP contribution in [0.15, 0.2) is 29.6 Å². The second-order valence-corrected chi connectivity index (χ2v) is 5.75. The number of para-hydroxylation sites is 1. The molecule has 0 fully saturated rings. The average Bonchev–Trinajstić information content (AvgIpc) is 2.95. The molecule has 0 saturated heterocycles. The Bertz CT molecular complexity index is 729. The van der Waals surface area contributed by atoms with E-state index < -0.39 is 0 Å². The van der Waals surface area contributed by atoms with Crippen molar-refractivity contribution in [2.24, 2.45) is 0 Å². The van der Waals surface area contributed by atoms with E-state index in [1.807, 2.05) is 29.6 Å². The van der Waals surface area contributed by atoms with Crippen molar-refractivity contribution in [1.82, 2.24) is 9.55 Å². The van der Waals surface area contributed by atoms with Gasteiger partial charge >= 0.3 is 0 Å². The van der Waals surface area contributed by atoms with Crippen LogP contribution in [0.3, 0.4) is 0 Å². The molecule has 1 aromatic carbocycles. The van der Waals surface area contributed by atoms with Gasteiger partial charge < -0.3 is 10.3 Å². The molecule has 0 saturated carbocycles. The Morgan fingerprint density at radius 2 is 2.21 bits per heavy atom. The van der Waals surface area contributed by atoms with Gasteiger partial charge in [-0.1, -0.05) is 24.6 Å². The Labute approximate surface area is 120 Å². The molecule has 3 nitrogen and oxygen atoms in total. The molecule has 98 valence electrons. The summed E-state index contributed by atoms with van der Waals surface area (Å²) in [6.45, 7) is 3.02. The second-order valence-electron chi connectivity index (χ2n) is 4.39. The van der Waals surface area contributed by atoms with E-state index in [1.54, 1.807) is 0 Å². The van der Waals surface area contributed by atoms with Crippen LogP contribution >= 0.6 is 22.9 Å². The summed E-state index contributed by atoms with van der Waals surface area (Å²) in [7, 11) is 0. The molecule has 3 rings (SSSR count). The number of aryl methyl sites for hydroxylation is 1. The number of aromatic nitrogens is 2. The Kier molecular flexibility index (Phi) is 3.21. The Morgan fingerprint density at radius 3 is 2.89 bits per heavy atom. The monoisotopic (exact) mass is 291 g/mol. The first-order chi connectivity index (χ1) is 9.22. The van der Waals surface area contributed by atoms with E-state index in [2.05, 4.69) is 11.5 Å². The lowest BCUT2D eigenvalue weighted by Gasteiger charge is -2.08. The van der Waals surface area contributed by atoms with Crippen LogP contribution in [-0.4, -0.2) is 9.55 Å². The lowest BCUT2D eigenvalue weighted by molar-refractivity contribution is 0.704. The Hall–Kier alpha value is -1.52. The largest absolute Gasteiger partial charge is 0.390 e. The summed E-state index contributed by atoms with van der Waals surface area (Å²) < 4.78 is 2.16. The Balaban J connectivity index is 2.33. The predicted molar refractivity (Wildman–Crippen MR) is 82.8 cm³/mol. The molecule has 3 aromatic rings. The lowest BCUT2D eigenvalue weighted by Crippen LogP contribution is -2.00. The van der Waals surface area contributed by atoms with Crippen molar-refractivity contribution in [3.8, 4) is 11.4 Å². The number of anilines is 1. The number of halogens is 1. The molecule has 19 heavy (non-hydrogen) atoms. The zero-order chi connectivity index (χ0) is 13.4. The molecule has 0 atom stereocenters. The van der Waals surface area contributed by atoms with E-state index in [1.165, 1.54) is 11.3 Å². The van der Waals surface area contributed by atoms with Gasteiger partial charge in [-0.05, 0) is 30.0 Å². The molecule has 2 heterocycles. The first kappa shape index (κ1) is 12.5. The molecule has 2 N–H and O–H groups in total. The summed E-state index contributed by atoms with van der Waals surface area (Å²) in [6.07, 6.45) is 1.02. The number of nitrogens with zero attached hydrogens (tertiary/aromatic N) is 2. The number of benzene rings is 1. The van der Waals surface area contributed by atoms with Crippen molar-refractivity contribution < 1.29 is 0 Å². The maximum atomic E-state index is 6.32. The van der Waals surface area contributed by atoms with Crippen LogP contribution < -0.4 is 5.73 Å². The van der Waals surface area contributed by atoms with Crippen molar-refractivity contribution >= 4 is 39.0 Å². The fourth-order valence-electron chi connectivity index (χ4n) is 2.29. The van der Waals surface area contributed by atoms with E-state index in [0.717, 1.165) is 45.4 Å². The second kappa shape index (κ2) is 4.87. The van der Waals surface area contributed by atoms with Crippen LogP contribution in [0.5, 0.6) is 0 Å². The Morgan fingerprint density at radius 1 is 1.37 bits per heavy atom. The maximum Gasteiger partial charge on any atom is 0.144 e. The molecular formula is C14H14ClN3S. The summed E-state index contributed by atoms with van der Waals surface area (Å²) >= 11 is 7.85. The minimum absolute atomic E-state index is 0.735. The third-order valence-corrected chi connectivity index (χ3v) is 4.15. The molecular weight excluding hydrogens is 278 g/mol. The minimum Gasteiger partial charge on any atom is -0.390 e. The van der Waals surface area contributed by atoms with Crippen molar-refractivity contribution in [3.05, 3.63) is 34.7 Å². The van der Waals surface area contributed by atoms with E-state index in [4.69, 9.17) is 22.3 Å². The van der Waals surface area contributed by atoms with Crippen LogP contribution in [-0.2, 0) is 6.54 Å². The fourth-order valence-corrected chi connectivity index (χ4v) is 3.20. The quantitative estimate of drug-likeness (QED) is 0.777. The zero-order valence-corrected chi connectivity index (χ0v) is 12.1. The van der Waals surface area contributed by atoms with E-state index in [0.29, 0.717) is 0 Å². The molecule has 0 unspecified atom stereocenters. The highest BCUT2D eigenvalue weighted by Crippen LogP contribution is 2.34. The number of nitrogen functional groups attached to an aromatic ring is 1. The summed E-state index contributed by atoms with van der Waals surface area (Å²) in [5.41, 5.74) is 8.93. The summed E-state index contributed by atoms with van der Waals surface area (Å²) in [5, 5.41) is 3.52. The van der Waals surface area contributed by atoms with E-state index in [-0.39, 0.29) is 0 Å². The number of imidazole rings is 1. The van der Waals surface area contributed by atoms with Gasteiger partial charge in [-0.3, -0.25) is 0 Å². The normalized spacial score (nSPS) is 11.3. The van der Waals surface area contributed by atoms with E-state index in [9.17, 15) is 0 Å². The minimum atomic E-state index is 0.735. The van der Waals surface area contributed by atoms with Gasteiger partial charge in [-0.25, -0.2) is 4.98 Å². The molecule has 0 aliphatic carbocycles. The average molecular weight is 292 g/mol. The number of rotatable bonds is 3. The number of nitrogens with two attached hydrogens (primary N) is 1. The number of fused-ring (bicyclic) bond motifs is 1.